The number of aromatic hydroxyl groups is 1. The van der Waals surface area contributed by atoms with Crippen LogP contribution in [0.1, 0.15) is 84.5 Å². The number of nitrogens with one attached hydrogen (secondary N) is 1. The van der Waals surface area contributed by atoms with Gasteiger partial charge in [0.05, 0.1) is 5.69 Å². The number of carbonyl (C=O) groups is 1. The van der Waals surface area contributed by atoms with Gasteiger partial charge in [-0.05, 0) is 97.9 Å². The van der Waals surface area contributed by atoms with Gasteiger partial charge in [-0.2, -0.15) is 5.10 Å². The van der Waals surface area contributed by atoms with Crippen molar-refractivity contribution in [3.05, 3.63) is 57.9 Å². The predicted molar refractivity (Wildman–Crippen MR) is 138 cm³/mol. The van der Waals surface area contributed by atoms with Gasteiger partial charge in [0.25, 0.3) is 0 Å². The van der Waals surface area contributed by atoms with Crippen LogP contribution in [0, 0.1) is 18.8 Å². The van der Waals surface area contributed by atoms with E-state index in [1.165, 1.54) is 40.1 Å². The summed E-state index contributed by atoms with van der Waals surface area (Å²) in [7, 11) is 2.03. The zero-order valence-corrected chi connectivity index (χ0v) is 21.6. The minimum Gasteiger partial charge on any atom is -0.508 e. The minimum atomic E-state index is 0.0550. The van der Waals surface area contributed by atoms with E-state index in [0.717, 1.165) is 37.0 Å². The van der Waals surface area contributed by atoms with E-state index in [1.807, 2.05) is 30.8 Å². The summed E-state index contributed by atoms with van der Waals surface area (Å²) in [5.41, 5.74) is 5.58. The zero-order valence-electron chi connectivity index (χ0n) is 20.8. The molecule has 6 nitrogen and oxygen atoms in total. The monoisotopic (exact) mass is 490 g/mol. The van der Waals surface area contributed by atoms with E-state index in [9.17, 15) is 9.90 Å². The molecular weight excluding hydrogens is 456 g/mol. The number of thiazole rings is 1. The fourth-order valence-electron chi connectivity index (χ4n) is 7.66. The van der Waals surface area contributed by atoms with Crippen LogP contribution in [0.25, 0.3) is 0 Å². The quantitative estimate of drug-likeness (QED) is 0.473. The summed E-state index contributed by atoms with van der Waals surface area (Å²) < 4.78 is 1.99. The average Bonchev–Trinajstić information content (AvgIpc) is 3.47. The molecule has 6 rings (SSSR count). The van der Waals surface area contributed by atoms with Crippen molar-refractivity contribution in [3.63, 3.8) is 0 Å². The Bertz CT molecular complexity index is 1280. The summed E-state index contributed by atoms with van der Waals surface area (Å²) in [6.45, 7) is 4.45. The van der Waals surface area contributed by atoms with Crippen molar-refractivity contribution in [1.82, 2.24) is 14.8 Å². The lowest BCUT2D eigenvalue weighted by Gasteiger charge is -2.50. The van der Waals surface area contributed by atoms with E-state index < -0.39 is 0 Å². The lowest BCUT2D eigenvalue weighted by Crippen LogP contribution is -2.44. The highest BCUT2D eigenvalue weighted by atomic mass is 32.1. The molecule has 0 radical (unpaired) electrons. The molecule has 0 bridgehead atoms. The number of hydrogen-bond donors (Lipinski definition) is 2. The van der Waals surface area contributed by atoms with Gasteiger partial charge in [-0.25, -0.2) is 4.98 Å². The number of aryl methyl sites for hydroxylation is 3. The largest absolute Gasteiger partial charge is 0.508 e. The third kappa shape index (κ3) is 3.79. The first-order valence-electron chi connectivity index (χ1n) is 12.9. The Labute approximate surface area is 210 Å². The number of phenols is 1. The van der Waals surface area contributed by atoms with Crippen LogP contribution in [0.15, 0.2) is 30.6 Å². The molecule has 3 aliphatic carbocycles. The summed E-state index contributed by atoms with van der Waals surface area (Å²) >= 11 is 1.52. The second-order valence-corrected chi connectivity index (χ2v) is 12.3. The highest BCUT2D eigenvalue weighted by Crippen LogP contribution is 2.64. The van der Waals surface area contributed by atoms with Crippen LogP contribution in [-0.2, 0) is 23.7 Å². The molecule has 0 unspecified atom stereocenters. The van der Waals surface area contributed by atoms with Crippen molar-refractivity contribution in [2.45, 2.75) is 76.0 Å². The minimum absolute atomic E-state index is 0.0550. The summed E-state index contributed by atoms with van der Waals surface area (Å²) in [5, 5.41) is 18.7. The maximum Gasteiger partial charge on any atom is 0.226 e. The van der Waals surface area contributed by atoms with E-state index in [4.69, 9.17) is 5.10 Å². The zero-order chi connectivity index (χ0) is 24.3. The molecule has 0 spiro atoms. The molecular formula is C28H34N4O2S. The second kappa shape index (κ2) is 8.47. The van der Waals surface area contributed by atoms with Crippen LogP contribution in [0.2, 0.25) is 0 Å². The topological polar surface area (TPSA) is 80.0 Å². The normalized spacial score (nSPS) is 28.7. The number of aromatic nitrogens is 3. The van der Waals surface area contributed by atoms with Crippen LogP contribution in [-0.4, -0.2) is 25.8 Å². The summed E-state index contributed by atoms with van der Waals surface area (Å²) in [4.78, 5) is 18.0. The number of fused-ring (bicyclic) bond motifs is 7. The highest BCUT2D eigenvalue weighted by molar-refractivity contribution is 7.15. The van der Waals surface area contributed by atoms with Gasteiger partial charge in [0.15, 0.2) is 5.13 Å². The molecule has 1 saturated carbocycles. The Kier molecular flexibility index (Phi) is 5.51. The molecule has 0 saturated heterocycles. The van der Waals surface area contributed by atoms with Gasteiger partial charge < -0.3 is 10.4 Å². The molecule has 1 fully saturated rings. The number of carbonyl (C=O) groups excluding carboxylic acids is 1. The molecule has 184 valence electrons. The smallest absolute Gasteiger partial charge is 0.226 e. The molecule has 2 heterocycles. The van der Waals surface area contributed by atoms with Crippen LogP contribution >= 0.6 is 11.3 Å². The van der Waals surface area contributed by atoms with Gasteiger partial charge in [0.2, 0.25) is 5.91 Å². The standard InChI is InChI=1S/C28H34N4O2S/c1-16-14-29-27(35-16)30-24(34)6-4-5-21-23-15-32(3)31-26(23)28(2)12-11-20-19-10-8-18(33)13-17(19)7-9-22(20)25(21)28/h8,10,13-15,20-22,25,33H,4-7,9,11-12H2,1-3H3,(H,29,30,34)/t20-,21+,22-,25+,28+/m1/s1. The Morgan fingerprint density at radius 2 is 2.17 bits per heavy atom. The van der Waals surface area contributed by atoms with Crippen molar-refractivity contribution in [3.8, 4) is 5.75 Å². The molecule has 7 heteroatoms. The predicted octanol–water partition coefficient (Wildman–Crippen LogP) is 5.81. The van der Waals surface area contributed by atoms with E-state index in [-0.39, 0.29) is 11.3 Å². The molecule has 35 heavy (non-hydrogen) atoms. The Morgan fingerprint density at radius 1 is 1.31 bits per heavy atom. The molecule has 2 aromatic heterocycles. The fraction of sp³-hybridized carbons (Fsp3) is 0.536. The molecule has 3 aromatic rings. The first-order chi connectivity index (χ1) is 16.8. The lowest BCUT2D eigenvalue weighted by molar-refractivity contribution is -0.116. The van der Waals surface area contributed by atoms with Crippen LogP contribution in [0.3, 0.4) is 0 Å². The number of benzene rings is 1. The third-order valence-corrected chi connectivity index (χ3v) is 9.81. The molecule has 1 amide bonds. The van der Waals surface area contributed by atoms with Gasteiger partial charge >= 0.3 is 0 Å². The first kappa shape index (κ1) is 22.8. The number of amides is 1. The fourth-order valence-corrected chi connectivity index (χ4v) is 8.35. The van der Waals surface area contributed by atoms with E-state index in [2.05, 4.69) is 29.5 Å². The van der Waals surface area contributed by atoms with E-state index >= 15 is 0 Å². The number of anilines is 1. The van der Waals surface area contributed by atoms with E-state index in [0.29, 0.717) is 41.0 Å². The van der Waals surface area contributed by atoms with Gasteiger partial charge in [0, 0.05) is 36.2 Å². The van der Waals surface area contributed by atoms with Gasteiger partial charge in [-0.3, -0.25) is 9.48 Å². The van der Waals surface area contributed by atoms with Gasteiger partial charge in [-0.1, -0.05) is 13.0 Å². The summed E-state index contributed by atoms with van der Waals surface area (Å²) in [6.07, 6.45) is 10.9. The molecule has 1 aromatic carbocycles. The van der Waals surface area contributed by atoms with Crippen molar-refractivity contribution in [2.75, 3.05) is 5.32 Å². The van der Waals surface area contributed by atoms with Crippen molar-refractivity contribution in [2.24, 2.45) is 18.9 Å². The lowest BCUT2D eigenvalue weighted by atomic mass is 9.53. The highest BCUT2D eigenvalue weighted by Gasteiger charge is 2.58. The van der Waals surface area contributed by atoms with Crippen LogP contribution in [0.5, 0.6) is 5.75 Å². The van der Waals surface area contributed by atoms with E-state index in [1.54, 1.807) is 6.20 Å². The number of rotatable bonds is 5. The third-order valence-electron chi connectivity index (χ3n) is 8.98. The number of nitrogens with zero attached hydrogens (tertiary/aromatic N) is 3. The molecule has 0 aliphatic heterocycles. The van der Waals surface area contributed by atoms with Gasteiger partial charge in [0.1, 0.15) is 5.75 Å². The molecule has 3 aliphatic rings. The first-order valence-corrected chi connectivity index (χ1v) is 13.7. The summed E-state index contributed by atoms with van der Waals surface area (Å²) in [6, 6.07) is 6.01. The number of hydrogen-bond acceptors (Lipinski definition) is 5. The maximum atomic E-state index is 12.6. The second-order valence-electron chi connectivity index (χ2n) is 11.1. The van der Waals surface area contributed by atoms with Crippen molar-refractivity contribution >= 4 is 22.4 Å². The molecule has 2 N–H and O–H groups in total. The van der Waals surface area contributed by atoms with Gasteiger partial charge in [-0.15, -0.1) is 11.3 Å². The SMILES string of the molecule is Cc1cnc(NC(=O)CCC[C@H]2c3cn(C)nc3[C@@]3(C)CC[C@@H]4c5ccc(O)cc5CC[C@H]4[C@H]23)s1. The Hall–Kier alpha value is -2.67. The molecule has 5 atom stereocenters. The number of phenolic OH excluding ortho intramolecular Hbond substituents is 1. The summed E-state index contributed by atoms with van der Waals surface area (Å²) in [5.74, 6) is 2.58. The van der Waals surface area contributed by atoms with Crippen molar-refractivity contribution in [1.29, 1.82) is 0 Å². The average molecular weight is 491 g/mol. The Morgan fingerprint density at radius 3 is 2.97 bits per heavy atom. The van der Waals surface area contributed by atoms with Crippen molar-refractivity contribution < 1.29 is 9.90 Å². The van der Waals surface area contributed by atoms with Crippen LogP contribution in [0.4, 0.5) is 5.13 Å². The Balaban J connectivity index is 1.24. The maximum absolute atomic E-state index is 12.6. The van der Waals surface area contributed by atoms with Crippen LogP contribution < -0.4 is 5.32 Å².